The van der Waals surface area contributed by atoms with Crippen molar-refractivity contribution in [2.45, 2.75) is 37.6 Å². The molecule has 0 spiro atoms. The summed E-state index contributed by atoms with van der Waals surface area (Å²) in [7, 11) is -1.94. The van der Waals surface area contributed by atoms with E-state index in [2.05, 4.69) is 10.0 Å². The normalized spacial score (nSPS) is 15.6. The lowest BCUT2D eigenvalue weighted by molar-refractivity contribution is -0.142. The summed E-state index contributed by atoms with van der Waals surface area (Å²) in [6.45, 7) is 0.865. The summed E-state index contributed by atoms with van der Waals surface area (Å²) in [5.41, 5.74) is 2.31. The van der Waals surface area contributed by atoms with Gasteiger partial charge in [0.15, 0.2) is 0 Å². The van der Waals surface area contributed by atoms with Gasteiger partial charge in [-0.15, -0.1) is 0 Å². The van der Waals surface area contributed by atoms with E-state index >= 15 is 0 Å². The first-order valence-corrected chi connectivity index (χ1v) is 11.7. The van der Waals surface area contributed by atoms with Crippen LogP contribution in [-0.2, 0) is 31.9 Å². The van der Waals surface area contributed by atoms with E-state index in [9.17, 15) is 18.0 Å². The molecule has 1 aliphatic rings. The van der Waals surface area contributed by atoms with Gasteiger partial charge >= 0.3 is 0 Å². The van der Waals surface area contributed by atoms with E-state index in [-0.39, 0.29) is 17.6 Å². The van der Waals surface area contributed by atoms with E-state index in [1.54, 1.807) is 29.2 Å². The van der Waals surface area contributed by atoms with Gasteiger partial charge in [-0.2, -0.15) is 0 Å². The van der Waals surface area contributed by atoms with E-state index in [4.69, 9.17) is 0 Å². The molecule has 2 N–H and O–H groups in total. The highest BCUT2D eigenvalue weighted by Crippen LogP contribution is 2.26. The maximum atomic E-state index is 13.1. The lowest BCUT2D eigenvalue weighted by Gasteiger charge is -2.34. The van der Waals surface area contributed by atoms with Crippen LogP contribution in [0, 0.1) is 0 Å². The average molecular weight is 430 g/mol. The Balaban J connectivity index is 1.69. The van der Waals surface area contributed by atoms with Crippen molar-refractivity contribution in [2.24, 2.45) is 0 Å². The van der Waals surface area contributed by atoms with Crippen LogP contribution in [0.5, 0.6) is 0 Å². The van der Waals surface area contributed by atoms with E-state index < -0.39 is 16.1 Å². The molecule has 0 aromatic heterocycles. The molecule has 2 aromatic rings. The fraction of sp³-hybridized carbons (Fsp3) is 0.364. The van der Waals surface area contributed by atoms with Crippen molar-refractivity contribution in [3.05, 3.63) is 71.3 Å². The number of carbonyl (C=O) groups is 2. The topological polar surface area (TPSA) is 95.6 Å². The number of hydrogen-bond acceptors (Lipinski definition) is 4. The molecule has 1 aliphatic heterocycles. The van der Waals surface area contributed by atoms with E-state index in [0.29, 0.717) is 25.1 Å². The molecule has 7 nitrogen and oxygen atoms in total. The number of nitrogens with one attached hydrogen (secondary N) is 2. The van der Waals surface area contributed by atoms with Gasteiger partial charge in [-0.25, -0.2) is 13.1 Å². The number of nitrogens with zero attached hydrogens (tertiary/aromatic N) is 1. The van der Waals surface area contributed by atoms with Gasteiger partial charge in [-0.1, -0.05) is 54.6 Å². The third kappa shape index (κ3) is 5.67. The van der Waals surface area contributed by atoms with Crippen molar-refractivity contribution in [3.63, 3.8) is 0 Å². The van der Waals surface area contributed by atoms with Crippen molar-refractivity contribution in [1.82, 2.24) is 14.9 Å². The lowest BCUT2D eigenvalue weighted by atomic mass is 10.0. The van der Waals surface area contributed by atoms with Crippen molar-refractivity contribution in [3.8, 4) is 0 Å². The highest BCUT2D eigenvalue weighted by molar-refractivity contribution is 7.88. The van der Waals surface area contributed by atoms with Crippen LogP contribution in [0.3, 0.4) is 0 Å². The Morgan fingerprint density at radius 3 is 2.33 bits per heavy atom. The standard InChI is InChI=1S/C22H27N3O4S/c1-23-30(28,29)16-18-12-10-17(11-13-18)15-24-22(27)21(19-7-3-2-4-8-19)25-14-6-5-9-20(25)26/h2-4,7-8,10-13,21,23H,5-6,9,14-16H2,1H3,(H,24,27). The molecule has 160 valence electrons. The summed E-state index contributed by atoms with van der Waals surface area (Å²) in [4.78, 5) is 27.2. The van der Waals surface area contributed by atoms with E-state index in [1.807, 2.05) is 30.3 Å². The zero-order valence-electron chi connectivity index (χ0n) is 17.0. The fourth-order valence-electron chi connectivity index (χ4n) is 3.54. The Bertz CT molecular complexity index is 975. The summed E-state index contributed by atoms with van der Waals surface area (Å²) in [6.07, 6.45) is 2.21. The van der Waals surface area contributed by atoms with Crippen molar-refractivity contribution in [2.75, 3.05) is 13.6 Å². The molecule has 0 bridgehead atoms. The molecule has 0 aliphatic carbocycles. The van der Waals surface area contributed by atoms with E-state index in [1.165, 1.54) is 7.05 Å². The van der Waals surface area contributed by atoms with Crippen LogP contribution in [0.2, 0.25) is 0 Å². The number of rotatable bonds is 8. The van der Waals surface area contributed by atoms with E-state index in [0.717, 1.165) is 24.0 Å². The molecule has 0 radical (unpaired) electrons. The van der Waals surface area contributed by atoms with Gasteiger partial charge in [0.2, 0.25) is 21.8 Å². The SMILES string of the molecule is CNS(=O)(=O)Cc1ccc(CNC(=O)C(c2ccccc2)N2CCCCC2=O)cc1. The largest absolute Gasteiger partial charge is 0.350 e. The van der Waals surface area contributed by atoms with Crippen molar-refractivity contribution in [1.29, 1.82) is 0 Å². The molecule has 1 atom stereocenters. The third-order valence-electron chi connectivity index (χ3n) is 5.19. The molecular formula is C22H27N3O4S. The minimum absolute atomic E-state index is 0.000323. The highest BCUT2D eigenvalue weighted by atomic mass is 32.2. The highest BCUT2D eigenvalue weighted by Gasteiger charge is 2.32. The number of likely N-dealkylation sites (tertiary alicyclic amines) is 1. The Labute approximate surface area is 177 Å². The van der Waals surface area contributed by atoms with Gasteiger partial charge in [0, 0.05) is 19.5 Å². The zero-order chi connectivity index (χ0) is 21.6. The van der Waals surface area contributed by atoms with Crippen LogP contribution in [0.25, 0.3) is 0 Å². The fourth-order valence-corrected chi connectivity index (χ4v) is 4.31. The number of benzene rings is 2. The summed E-state index contributed by atoms with van der Waals surface area (Å²) in [6, 6.07) is 15.7. The zero-order valence-corrected chi connectivity index (χ0v) is 17.8. The minimum atomic E-state index is -3.33. The second kappa shape index (κ2) is 9.86. The second-order valence-electron chi connectivity index (χ2n) is 7.35. The molecule has 30 heavy (non-hydrogen) atoms. The average Bonchev–Trinajstić information content (AvgIpc) is 2.75. The minimum Gasteiger partial charge on any atom is -0.350 e. The van der Waals surface area contributed by atoms with Gasteiger partial charge < -0.3 is 10.2 Å². The maximum absolute atomic E-state index is 13.1. The first-order valence-electron chi connectivity index (χ1n) is 10.0. The quantitative estimate of drug-likeness (QED) is 0.672. The monoisotopic (exact) mass is 429 g/mol. The van der Waals surface area contributed by atoms with Gasteiger partial charge in [0.25, 0.3) is 0 Å². The summed E-state index contributed by atoms with van der Waals surface area (Å²) >= 11 is 0. The van der Waals surface area contributed by atoms with Crippen LogP contribution in [0.1, 0.15) is 42.0 Å². The summed E-state index contributed by atoms with van der Waals surface area (Å²) < 4.78 is 25.6. The Kier molecular flexibility index (Phi) is 7.23. The molecule has 1 saturated heterocycles. The number of hydrogen-bond donors (Lipinski definition) is 2. The third-order valence-corrected chi connectivity index (χ3v) is 6.53. The predicted octanol–water partition coefficient (Wildman–Crippen LogP) is 2.11. The number of amides is 2. The van der Waals surface area contributed by atoms with Crippen LogP contribution < -0.4 is 10.0 Å². The first-order chi connectivity index (χ1) is 14.4. The molecule has 2 aromatic carbocycles. The lowest BCUT2D eigenvalue weighted by Crippen LogP contribution is -2.45. The molecule has 0 saturated carbocycles. The molecule has 2 amide bonds. The summed E-state index contributed by atoms with van der Waals surface area (Å²) in [5.74, 6) is -0.317. The van der Waals surface area contributed by atoms with Crippen LogP contribution in [-0.4, -0.2) is 38.7 Å². The van der Waals surface area contributed by atoms with Gasteiger partial charge in [-0.05, 0) is 36.6 Å². The molecule has 1 fully saturated rings. The van der Waals surface area contributed by atoms with Crippen molar-refractivity contribution < 1.29 is 18.0 Å². The van der Waals surface area contributed by atoms with Gasteiger partial charge in [0.05, 0.1) is 5.75 Å². The van der Waals surface area contributed by atoms with Crippen LogP contribution in [0.15, 0.2) is 54.6 Å². The molecular weight excluding hydrogens is 402 g/mol. The van der Waals surface area contributed by atoms with Gasteiger partial charge in [0.1, 0.15) is 6.04 Å². The maximum Gasteiger partial charge on any atom is 0.247 e. The summed E-state index contributed by atoms with van der Waals surface area (Å²) in [5, 5.41) is 2.93. The van der Waals surface area contributed by atoms with Crippen LogP contribution in [0.4, 0.5) is 0 Å². The Morgan fingerprint density at radius 1 is 1.03 bits per heavy atom. The number of carbonyl (C=O) groups excluding carboxylic acids is 2. The molecule has 3 rings (SSSR count). The molecule has 8 heteroatoms. The first kappa shape index (κ1) is 22.0. The molecule has 1 unspecified atom stereocenters. The van der Waals surface area contributed by atoms with Gasteiger partial charge in [-0.3, -0.25) is 9.59 Å². The molecule has 1 heterocycles. The Morgan fingerprint density at radius 2 is 1.70 bits per heavy atom. The number of sulfonamides is 1. The van der Waals surface area contributed by atoms with Crippen molar-refractivity contribution >= 4 is 21.8 Å². The number of piperidine rings is 1. The van der Waals surface area contributed by atoms with Crippen LogP contribution >= 0.6 is 0 Å². The predicted molar refractivity (Wildman–Crippen MR) is 115 cm³/mol. The smallest absolute Gasteiger partial charge is 0.247 e. The second-order valence-corrected chi connectivity index (χ2v) is 9.28. The Hall–Kier alpha value is -2.71.